The molecule has 1 aromatic heterocycles. The van der Waals surface area contributed by atoms with E-state index >= 15 is 0 Å². The van der Waals surface area contributed by atoms with Crippen LogP contribution in [0.2, 0.25) is 0 Å². The van der Waals surface area contributed by atoms with Crippen molar-refractivity contribution in [1.29, 1.82) is 0 Å². The maximum absolute atomic E-state index is 4.38. The highest BCUT2D eigenvalue weighted by Crippen LogP contribution is 2.33. The number of fused-ring (bicyclic) bond motifs is 1. The molecule has 0 aromatic carbocycles. The summed E-state index contributed by atoms with van der Waals surface area (Å²) >= 11 is 0. The lowest BCUT2D eigenvalue weighted by Gasteiger charge is -2.34. The third-order valence-electron chi connectivity index (χ3n) is 3.21. The summed E-state index contributed by atoms with van der Waals surface area (Å²) < 4.78 is 2.15. The topological polar surface area (TPSA) is 42.7 Å². The molecule has 0 saturated heterocycles. The smallest absolute Gasteiger partial charge is 0.0997 e. The summed E-state index contributed by atoms with van der Waals surface area (Å²) in [4.78, 5) is 0. The maximum Gasteiger partial charge on any atom is 0.0997 e. The lowest BCUT2D eigenvalue weighted by atomic mass is 9.81. The molecule has 104 valence electrons. The Morgan fingerprint density at radius 2 is 1.89 bits per heavy atom. The molecule has 0 aliphatic carbocycles. The van der Waals surface area contributed by atoms with Gasteiger partial charge in [-0.3, -0.25) is 0 Å². The summed E-state index contributed by atoms with van der Waals surface area (Å²) in [6.45, 7) is 13.2. The minimum Gasteiger partial charge on any atom is -0.311 e. The van der Waals surface area contributed by atoms with E-state index in [1.54, 1.807) is 0 Å². The van der Waals surface area contributed by atoms with Crippen molar-refractivity contribution in [3.63, 3.8) is 0 Å². The van der Waals surface area contributed by atoms with Gasteiger partial charge >= 0.3 is 0 Å². The first-order chi connectivity index (χ1) is 7.80. The molecule has 0 fully saturated rings. The molecule has 0 radical (unpaired) electrons. The Morgan fingerprint density at radius 1 is 1.22 bits per heavy atom. The van der Waals surface area contributed by atoms with E-state index in [0.717, 1.165) is 31.6 Å². The van der Waals surface area contributed by atoms with Gasteiger partial charge in [-0.25, -0.2) is 4.68 Å². The predicted molar refractivity (Wildman–Crippen MR) is 76.1 cm³/mol. The molecule has 1 aliphatic heterocycles. The Balaban J connectivity index is 0.00000162. The van der Waals surface area contributed by atoms with E-state index in [0.29, 0.717) is 5.41 Å². The van der Waals surface area contributed by atoms with Gasteiger partial charge in [0, 0.05) is 19.5 Å². The quantitative estimate of drug-likeness (QED) is 0.900. The molecule has 0 saturated carbocycles. The average molecular weight is 273 g/mol. The zero-order chi connectivity index (χ0) is 12.7. The normalized spacial score (nSPS) is 16.1. The second-order valence-corrected chi connectivity index (χ2v) is 6.87. The van der Waals surface area contributed by atoms with E-state index in [4.69, 9.17) is 0 Å². The van der Waals surface area contributed by atoms with Gasteiger partial charge in [-0.05, 0) is 25.7 Å². The van der Waals surface area contributed by atoms with Crippen LogP contribution in [0, 0.1) is 5.41 Å². The van der Waals surface area contributed by atoms with Crippen LogP contribution >= 0.6 is 12.4 Å². The summed E-state index contributed by atoms with van der Waals surface area (Å²) in [5.41, 5.74) is 2.78. The van der Waals surface area contributed by atoms with Crippen LogP contribution in [0.4, 0.5) is 0 Å². The number of hydrogen-bond acceptors (Lipinski definition) is 3. The van der Waals surface area contributed by atoms with Crippen LogP contribution in [0.3, 0.4) is 0 Å². The summed E-state index contributed by atoms with van der Waals surface area (Å²) in [6, 6.07) is 0. The Kier molecular flexibility index (Phi) is 4.44. The van der Waals surface area contributed by atoms with Gasteiger partial charge in [-0.1, -0.05) is 26.0 Å². The molecule has 0 amide bonds. The monoisotopic (exact) mass is 272 g/mol. The van der Waals surface area contributed by atoms with Gasteiger partial charge < -0.3 is 5.32 Å². The van der Waals surface area contributed by atoms with Crippen molar-refractivity contribution in [3.05, 3.63) is 11.4 Å². The summed E-state index contributed by atoms with van der Waals surface area (Å²) in [5.74, 6) is 0. The zero-order valence-corrected chi connectivity index (χ0v) is 12.9. The number of aromatic nitrogens is 3. The molecule has 0 spiro atoms. The fourth-order valence-electron chi connectivity index (χ4n) is 2.99. The maximum atomic E-state index is 4.38. The second kappa shape index (κ2) is 5.17. The van der Waals surface area contributed by atoms with E-state index in [-0.39, 0.29) is 17.9 Å². The van der Waals surface area contributed by atoms with Gasteiger partial charge in [-0.15, -0.1) is 17.5 Å². The first kappa shape index (κ1) is 15.4. The van der Waals surface area contributed by atoms with Crippen molar-refractivity contribution in [1.82, 2.24) is 20.3 Å². The van der Waals surface area contributed by atoms with Crippen molar-refractivity contribution in [2.45, 2.75) is 59.5 Å². The molecule has 1 aromatic rings. The highest BCUT2D eigenvalue weighted by atomic mass is 35.5. The lowest BCUT2D eigenvalue weighted by Crippen LogP contribution is -2.35. The van der Waals surface area contributed by atoms with Crippen molar-refractivity contribution in [2.75, 3.05) is 6.54 Å². The molecule has 2 heterocycles. The highest BCUT2D eigenvalue weighted by Gasteiger charge is 2.31. The van der Waals surface area contributed by atoms with Gasteiger partial charge in [0.15, 0.2) is 0 Å². The number of halogens is 1. The molecule has 0 unspecified atom stereocenters. The van der Waals surface area contributed by atoms with Crippen LogP contribution in [0.25, 0.3) is 0 Å². The molecule has 0 bridgehead atoms. The van der Waals surface area contributed by atoms with Crippen molar-refractivity contribution < 1.29 is 0 Å². The average Bonchev–Trinajstić information content (AvgIpc) is 2.57. The van der Waals surface area contributed by atoms with Gasteiger partial charge in [0.05, 0.1) is 16.9 Å². The fraction of sp³-hybridized carbons (Fsp3) is 0.846. The largest absolute Gasteiger partial charge is 0.311 e. The van der Waals surface area contributed by atoms with E-state index in [1.165, 1.54) is 5.69 Å². The SMILES string of the molecule is CC(C)(C)CC(C)(C)n1nnc2c1CCNC2.Cl. The fourth-order valence-corrected chi connectivity index (χ4v) is 2.99. The van der Waals surface area contributed by atoms with Gasteiger partial charge in [-0.2, -0.15) is 0 Å². The molecular weight excluding hydrogens is 248 g/mol. The highest BCUT2D eigenvalue weighted by molar-refractivity contribution is 5.85. The van der Waals surface area contributed by atoms with Crippen LogP contribution in [-0.4, -0.2) is 21.5 Å². The third-order valence-corrected chi connectivity index (χ3v) is 3.21. The standard InChI is InChI=1S/C13H24N4.ClH/c1-12(2,3)9-13(4,5)17-11-6-7-14-8-10(11)15-16-17;/h14H,6-9H2,1-5H3;1H. The van der Waals surface area contributed by atoms with E-state index in [9.17, 15) is 0 Å². The molecule has 0 atom stereocenters. The van der Waals surface area contributed by atoms with Crippen LogP contribution in [-0.2, 0) is 18.5 Å². The van der Waals surface area contributed by atoms with Gasteiger partial charge in [0.25, 0.3) is 0 Å². The van der Waals surface area contributed by atoms with Crippen LogP contribution in [0.5, 0.6) is 0 Å². The molecule has 4 nitrogen and oxygen atoms in total. The number of hydrogen-bond donors (Lipinski definition) is 1. The lowest BCUT2D eigenvalue weighted by molar-refractivity contribution is 0.190. The predicted octanol–water partition coefficient (Wildman–Crippen LogP) is 2.52. The summed E-state index contributed by atoms with van der Waals surface area (Å²) in [5, 5.41) is 12.0. The Labute approximate surface area is 116 Å². The zero-order valence-electron chi connectivity index (χ0n) is 12.1. The molecular formula is C13H25ClN4. The number of nitrogens with one attached hydrogen (secondary N) is 1. The Hall–Kier alpha value is -0.610. The first-order valence-electron chi connectivity index (χ1n) is 6.44. The van der Waals surface area contributed by atoms with E-state index in [2.05, 4.69) is 54.9 Å². The summed E-state index contributed by atoms with van der Waals surface area (Å²) in [6.07, 6.45) is 2.14. The van der Waals surface area contributed by atoms with Crippen LogP contribution in [0.1, 0.15) is 52.4 Å². The number of nitrogens with zero attached hydrogens (tertiary/aromatic N) is 3. The van der Waals surface area contributed by atoms with Crippen molar-refractivity contribution in [3.8, 4) is 0 Å². The van der Waals surface area contributed by atoms with Crippen molar-refractivity contribution in [2.24, 2.45) is 5.41 Å². The molecule has 1 N–H and O–H groups in total. The molecule has 1 aliphatic rings. The molecule has 18 heavy (non-hydrogen) atoms. The van der Waals surface area contributed by atoms with Gasteiger partial charge in [0.1, 0.15) is 0 Å². The van der Waals surface area contributed by atoms with Crippen LogP contribution in [0.15, 0.2) is 0 Å². The second-order valence-electron chi connectivity index (χ2n) is 6.87. The summed E-state index contributed by atoms with van der Waals surface area (Å²) in [7, 11) is 0. The minimum absolute atomic E-state index is 0. The Morgan fingerprint density at radius 3 is 2.50 bits per heavy atom. The number of rotatable bonds is 2. The van der Waals surface area contributed by atoms with Gasteiger partial charge in [0.2, 0.25) is 0 Å². The Bertz CT molecular complexity index is 404. The first-order valence-corrected chi connectivity index (χ1v) is 6.44. The third kappa shape index (κ3) is 3.23. The van der Waals surface area contributed by atoms with Crippen molar-refractivity contribution >= 4 is 12.4 Å². The van der Waals surface area contributed by atoms with Crippen LogP contribution < -0.4 is 5.32 Å². The van der Waals surface area contributed by atoms with E-state index < -0.39 is 0 Å². The minimum atomic E-state index is 0. The molecule has 2 rings (SSSR count). The van der Waals surface area contributed by atoms with E-state index in [1.807, 2.05) is 0 Å². The molecule has 5 heteroatoms.